The van der Waals surface area contributed by atoms with Crippen LogP contribution >= 0.6 is 0 Å². The zero-order valence-electron chi connectivity index (χ0n) is 24.8. The summed E-state index contributed by atoms with van der Waals surface area (Å²) in [7, 11) is 0. The van der Waals surface area contributed by atoms with Crippen LogP contribution < -0.4 is 10.1 Å². The van der Waals surface area contributed by atoms with Gasteiger partial charge < -0.3 is 19.8 Å². The van der Waals surface area contributed by atoms with E-state index in [0.29, 0.717) is 47.0 Å². The Labute approximate surface area is 250 Å². The van der Waals surface area contributed by atoms with E-state index in [2.05, 4.69) is 15.3 Å². The van der Waals surface area contributed by atoms with Crippen LogP contribution in [0.5, 0.6) is 11.5 Å². The van der Waals surface area contributed by atoms with Gasteiger partial charge in [0.15, 0.2) is 0 Å². The number of H-pyrrole nitrogens is 1. The fourth-order valence-corrected chi connectivity index (χ4v) is 4.38. The van der Waals surface area contributed by atoms with Gasteiger partial charge in [-0.2, -0.15) is 0 Å². The number of carbonyl (C=O) groups excluding carboxylic acids is 3. The molecule has 0 spiro atoms. The van der Waals surface area contributed by atoms with Crippen LogP contribution in [0.15, 0.2) is 73.1 Å². The number of amides is 1. The number of halogens is 1. The molecule has 2 N–H and O–H groups in total. The lowest BCUT2D eigenvalue weighted by Crippen LogP contribution is -2.26. The van der Waals surface area contributed by atoms with Crippen molar-refractivity contribution in [1.29, 1.82) is 0 Å². The zero-order chi connectivity index (χ0) is 31.0. The first-order valence-corrected chi connectivity index (χ1v) is 14.1. The molecule has 2 aromatic heterocycles. The summed E-state index contributed by atoms with van der Waals surface area (Å²) in [5.74, 6) is 0.128. The Kier molecular flexibility index (Phi) is 10.1. The van der Waals surface area contributed by atoms with Crippen molar-refractivity contribution in [3.63, 3.8) is 0 Å². The number of benzene rings is 2. The summed E-state index contributed by atoms with van der Waals surface area (Å²) in [6.07, 6.45) is 4.15. The van der Waals surface area contributed by atoms with Crippen LogP contribution in [0.2, 0.25) is 0 Å². The molecule has 0 saturated heterocycles. The van der Waals surface area contributed by atoms with E-state index in [9.17, 15) is 18.8 Å². The summed E-state index contributed by atoms with van der Waals surface area (Å²) in [5, 5.41) is 2.81. The molecule has 9 heteroatoms. The fourth-order valence-electron chi connectivity index (χ4n) is 4.38. The van der Waals surface area contributed by atoms with Gasteiger partial charge in [0.25, 0.3) is 5.91 Å². The molecule has 2 aromatic carbocycles. The van der Waals surface area contributed by atoms with Gasteiger partial charge in [0, 0.05) is 44.3 Å². The molecule has 0 saturated carbocycles. The van der Waals surface area contributed by atoms with Gasteiger partial charge in [0.05, 0.1) is 17.0 Å². The lowest BCUT2D eigenvalue weighted by Gasteiger charge is -2.19. The number of esters is 1. The average Bonchev–Trinajstić information content (AvgIpc) is 3.44. The number of aromatic amines is 1. The van der Waals surface area contributed by atoms with Gasteiger partial charge in [-0.25, -0.2) is 4.39 Å². The lowest BCUT2D eigenvalue weighted by molar-refractivity contribution is -0.154. The second-order valence-electron chi connectivity index (χ2n) is 11.4. The number of hydrogen-bond donors (Lipinski definition) is 2. The maximum atomic E-state index is 14.0. The van der Waals surface area contributed by atoms with Gasteiger partial charge in [-0.15, -0.1) is 0 Å². The number of rotatable bonds is 12. The number of nitrogens with zero attached hydrogens (tertiary/aromatic N) is 1. The molecule has 0 fully saturated rings. The van der Waals surface area contributed by atoms with Gasteiger partial charge >= 0.3 is 5.97 Å². The van der Waals surface area contributed by atoms with Crippen molar-refractivity contribution in [2.45, 2.75) is 59.0 Å². The summed E-state index contributed by atoms with van der Waals surface area (Å²) in [5.41, 5.74) is 3.27. The number of pyridine rings is 1. The molecule has 0 unspecified atom stereocenters. The first-order valence-electron chi connectivity index (χ1n) is 14.1. The summed E-state index contributed by atoms with van der Waals surface area (Å²) in [6, 6.07) is 17.1. The van der Waals surface area contributed by atoms with Gasteiger partial charge in [-0.3, -0.25) is 19.4 Å². The first kappa shape index (κ1) is 31.2. The highest BCUT2D eigenvalue weighted by Gasteiger charge is 2.16. The fraction of sp³-hybridized carbons (Fsp3) is 0.294. The maximum Gasteiger partial charge on any atom is 0.306 e. The normalized spacial score (nSPS) is 11.2. The minimum Gasteiger partial charge on any atom is -0.460 e. The van der Waals surface area contributed by atoms with Crippen molar-refractivity contribution in [1.82, 2.24) is 15.3 Å². The van der Waals surface area contributed by atoms with Crippen molar-refractivity contribution >= 4 is 17.7 Å². The zero-order valence-corrected chi connectivity index (χ0v) is 24.8. The summed E-state index contributed by atoms with van der Waals surface area (Å²) in [4.78, 5) is 44.3. The second kappa shape index (κ2) is 13.9. The summed E-state index contributed by atoms with van der Waals surface area (Å²) in [6.45, 7) is 7.66. The third-order valence-corrected chi connectivity index (χ3v) is 6.36. The molecule has 0 aliphatic carbocycles. The van der Waals surface area contributed by atoms with Crippen LogP contribution in [0.4, 0.5) is 4.39 Å². The molecular weight excluding hydrogens is 549 g/mol. The monoisotopic (exact) mass is 585 g/mol. The number of ether oxygens (including phenoxy) is 2. The minimum absolute atomic E-state index is 0.0434. The molecule has 8 nitrogen and oxygen atoms in total. The standard InChI is InChI=1S/C34H36FN3O5/c1-22-7-12-29(35)24(16-22)18-26(39)17-23-8-10-27(11-9-23)42-28-13-15-36-31(20-28)30-19-25(21-38-30)33(41)37-14-5-6-32(40)43-34(2,3)4/h7-13,15-16,19-21,38H,5-6,14,17-18H2,1-4H3,(H,37,41). The Bertz CT molecular complexity index is 1590. The number of aryl methyl sites for hydroxylation is 1. The van der Waals surface area contributed by atoms with Crippen LogP contribution in [0, 0.1) is 12.7 Å². The van der Waals surface area contributed by atoms with Crippen LogP contribution in [0.1, 0.15) is 60.7 Å². The maximum absolute atomic E-state index is 14.0. The van der Waals surface area contributed by atoms with Crippen LogP contribution in [-0.4, -0.2) is 39.8 Å². The smallest absolute Gasteiger partial charge is 0.306 e. The third kappa shape index (κ3) is 9.63. The molecule has 1 amide bonds. The number of ketones is 1. The van der Waals surface area contributed by atoms with Crippen LogP contribution in [-0.2, 0) is 27.2 Å². The van der Waals surface area contributed by atoms with Crippen molar-refractivity contribution in [3.8, 4) is 22.9 Å². The van der Waals surface area contributed by atoms with Gasteiger partial charge in [-0.05, 0) is 75.6 Å². The minimum atomic E-state index is -0.531. The van der Waals surface area contributed by atoms with E-state index in [-0.39, 0.29) is 42.7 Å². The SMILES string of the molecule is Cc1ccc(F)c(CC(=O)Cc2ccc(Oc3ccnc(-c4cc(C(=O)NCCCC(=O)OC(C)(C)C)c[nH]4)c3)cc2)c1. The quantitative estimate of drug-likeness (QED) is 0.145. The molecular formula is C34H36FN3O5. The van der Waals surface area contributed by atoms with E-state index in [4.69, 9.17) is 9.47 Å². The molecule has 0 aliphatic heterocycles. The predicted molar refractivity (Wildman–Crippen MR) is 162 cm³/mol. The van der Waals surface area contributed by atoms with E-state index in [1.807, 2.05) is 39.8 Å². The van der Waals surface area contributed by atoms with E-state index in [1.165, 1.54) is 6.07 Å². The Morgan fingerprint density at radius 1 is 0.953 bits per heavy atom. The van der Waals surface area contributed by atoms with Gasteiger partial charge in [-0.1, -0.05) is 29.8 Å². The highest BCUT2D eigenvalue weighted by molar-refractivity contribution is 5.95. The number of hydrogen-bond acceptors (Lipinski definition) is 6. The first-order chi connectivity index (χ1) is 20.4. The van der Waals surface area contributed by atoms with Crippen molar-refractivity contribution in [2.24, 2.45) is 0 Å². The topological polar surface area (TPSA) is 110 Å². The van der Waals surface area contributed by atoms with E-state index in [0.717, 1.165) is 11.1 Å². The Morgan fingerprint density at radius 3 is 2.47 bits per heavy atom. The van der Waals surface area contributed by atoms with E-state index in [1.54, 1.807) is 54.9 Å². The summed E-state index contributed by atoms with van der Waals surface area (Å²) >= 11 is 0. The number of Topliss-reactive ketones (excluding diaryl/α,β-unsaturated/α-hetero) is 1. The Balaban J connectivity index is 1.28. The average molecular weight is 586 g/mol. The molecule has 43 heavy (non-hydrogen) atoms. The number of aromatic nitrogens is 2. The number of nitrogens with one attached hydrogen (secondary N) is 2. The summed E-state index contributed by atoms with van der Waals surface area (Å²) < 4.78 is 25.3. The predicted octanol–water partition coefficient (Wildman–Crippen LogP) is 6.52. The molecule has 0 atom stereocenters. The van der Waals surface area contributed by atoms with Crippen molar-refractivity contribution < 1.29 is 28.2 Å². The second-order valence-corrected chi connectivity index (χ2v) is 11.4. The molecule has 224 valence electrons. The molecule has 0 aliphatic rings. The lowest BCUT2D eigenvalue weighted by atomic mass is 10.0. The van der Waals surface area contributed by atoms with Gasteiger partial charge in [0.2, 0.25) is 0 Å². The molecule has 0 radical (unpaired) electrons. The van der Waals surface area contributed by atoms with E-state index < -0.39 is 5.60 Å². The number of carbonyl (C=O) groups is 3. The highest BCUT2D eigenvalue weighted by atomic mass is 19.1. The largest absolute Gasteiger partial charge is 0.460 e. The molecule has 2 heterocycles. The Hall–Kier alpha value is -4.79. The molecule has 4 rings (SSSR count). The van der Waals surface area contributed by atoms with Gasteiger partial charge in [0.1, 0.15) is 28.7 Å². The van der Waals surface area contributed by atoms with Crippen molar-refractivity contribution in [2.75, 3.05) is 6.54 Å². The molecule has 4 aromatic rings. The van der Waals surface area contributed by atoms with Crippen LogP contribution in [0.25, 0.3) is 11.4 Å². The Morgan fingerprint density at radius 2 is 1.72 bits per heavy atom. The highest BCUT2D eigenvalue weighted by Crippen LogP contribution is 2.26. The molecule has 0 bridgehead atoms. The van der Waals surface area contributed by atoms with Crippen molar-refractivity contribution in [3.05, 3.63) is 101 Å². The third-order valence-electron chi connectivity index (χ3n) is 6.36. The van der Waals surface area contributed by atoms with E-state index >= 15 is 0 Å². The van der Waals surface area contributed by atoms with Crippen LogP contribution in [0.3, 0.4) is 0 Å².